The lowest BCUT2D eigenvalue weighted by atomic mass is 10.0. The second-order valence-electron chi connectivity index (χ2n) is 7.07. The van der Waals surface area contributed by atoms with Crippen molar-refractivity contribution in [3.05, 3.63) is 79.3 Å². The van der Waals surface area contributed by atoms with Crippen LogP contribution in [0.2, 0.25) is 0 Å². The van der Waals surface area contributed by atoms with Gasteiger partial charge in [0.05, 0.1) is 34.8 Å². The van der Waals surface area contributed by atoms with Crippen LogP contribution in [0.1, 0.15) is 0 Å². The molecule has 1 aromatic carbocycles. The molecule has 0 bridgehead atoms. The molecular formula is C23H14FN7. The fourth-order valence-electron chi connectivity index (χ4n) is 3.73. The number of hydrogen-bond acceptors (Lipinski definition) is 5. The van der Waals surface area contributed by atoms with Gasteiger partial charge in [-0.15, -0.1) is 0 Å². The number of pyridine rings is 2. The first-order valence-corrected chi connectivity index (χ1v) is 9.61. The molecule has 0 aliphatic carbocycles. The Balaban J connectivity index is 1.53. The summed E-state index contributed by atoms with van der Waals surface area (Å²) in [6.07, 6.45) is 8.31. The lowest BCUT2D eigenvalue weighted by molar-refractivity contribution is 0.631. The van der Waals surface area contributed by atoms with Gasteiger partial charge < -0.3 is 4.98 Å². The van der Waals surface area contributed by atoms with Crippen LogP contribution in [0.25, 0.3) is 55.8 Å². The van der Waals surface area contributed by atoms with Crippen LogP contribution < -0.4 is 0 Å². The molecule has 0 amide bonds. The van der Waals surface area contributed by atoms with Crippen molar-refractivity contribution in [2.75, 3.05) is 0 Å². The number of H-pyrrole nitrogens is 2. The van der Waals surface area contributed by atoms with Crippen LogP contribution in [0.5, 0.6) is 0 Å². The molecule has 31 heavy (non-hydrogen) atoms. The molecule has 148 valence electrons. The number of hydrogen-bond donors (Lipinski definition) is 2. The van der Waals surface area contributed by atoms with Gasteiger partial charge in [-0.05, 0) is 24.3 Å². The average Bonchev–Trinajstić information content (AvgIpc) is 3.43. The van der Waals surface area contributed by atoms with Crippen molar-refractivity contribution in [3.63, 3.8) is 0 Å². The fourth-order valence-corrected chi connectivity index (χ4v) is 3.73. The molecule has 7 nitrogen and oxygen atoms in total. The number of rotatable bonds is 3. The van der Waals surface area contributed by atoms with E-state index in [1.54, 1.807) is 43.1 Å². The molecule has 5 heterocycles. The van der Waals surface area contributed by atoms with Crippen molar-refractivity contribution in [2.45, 2.75) is 0 Å². The maximum Gasteiger partial charge on any atom is 0.135 e. The molecule has 0 aliphatic heterocycles. The minimum absolute atomic E-state index is 0.292. The van der Waals surface area contributed by atoms with E-state index in [1.165, 1.54) is 6.07 Å². The molecule has 0 saturated carbocycles. The Morgan fingerprint density at radius 3 is 2.61 bits per heavy atom. The van der Waals surface area contributed by atoms with E-state index in [1.807, 2.05) is 24.3 Å². The maximum atomic E-state index is 14.4. The topological polar surface area (TPSA) is 96.0 Å². The molecule has 6 rings (SSSR count). The highest BCUT2D eigenvalue weighted by molar-refractivity contribution is 6.00. The summed E-state index contributed by atoms with van der Waals surface area (Å²) in [7, 11) is 0. The van der Waals surface area contributed by atoms with E-state index in [0.29, 0.717) is 33.7 Å². The zero-order chi connectivity index (χ0) is 20.8. The van der Waals surface area contributed by atoms with Gasteiger partial charge in [-0.3, -0.25) is 20.1 Å². The van der Waals surface area contributed by atoms with E-state index in [-0.39, 0.29) is 5.82 Å². The van der Waals surface area contributed by atoms with Gasteiger partial charge >= 0.3 is 0 Å². The van der Waals surface area contributed by atoms with E-state index in [0.717, 1.165) is 22.1 Å². The number of halogens is 1. The Labute approximate surface area is 175 Å². The summed E-state index contributed by atoms with van der Waals surface area (Å²) in [5, 5.41) is 8.34. The number of benzene rings is 1. The van der Waals surface area contributed by atoms with E-state index in [9.17, 15) is 4.39 Å². The zero-order valence-corrected chi connectivity index (χ0v) is 16.0. The van der Waals surface area contributed by atoms with Crippen molar-refractivity contribution in [1.82, 2.24) is 35.1 Å². The van der Waals surface area contributed by atoms with Gasteiger partial charge in [-0.25, -0.2) is 9.37 Å². The van der Waals surface area contributed by atoms with Crippen LogP contribution in [-0.2, 0) is 0 Å². The second-order valence-corrected chi connectivity index (χ2v) is 7.07. The molecule has 0 aliphatic rings. The number of fused-ring (bicyclic) bond motifs is 2. The maximum absolute atomic E-state index is 14.4. The van der Waals surface area contributed by atoms with Crippen LogP contribution in [0.3, 0.4) is 0 Å². The van der Waals surface area contributed by atoms with Gasteiger partial charge in [-0.2, -0.15) is 5.10 Å². The van der Waals surface area contributed by atoms with Gasteiger partial charge in [0.1, 0.15) is 22.7 Å². The third kappa shape index (κ3) is 2.84. The Kier molecular flexibility index (Phi) is 3.82. The molecule has 8 heteroatoms. The van der Waals surface area contributed by atoms with Crippen molar-refractivity contribution in [3.8, 4) is 33.9 Å². The SMILES string of the molecule is Fc1ccccc1-c1cncc2[nH]c(-c3n[nH]c4ccc(-c5cnccn5)nc34)cc12. The summed E-state index contributed by atoms with van der Waals surface area (Å²) in [6.45, 7) is 0. The Morgan fingerprint density at radius 2 is 1.74 bits per heavy atom. The lowest BCUT2D eigenvalue weighted by Gasteiger charge is -2.03. The van der Waals surface area contributed by atoms with Crippen LogP contribution in [0.15, 0.2) is 73.4 Å². The summed E-state index contributed by atoms with van der Waals surface area (Å²) < 4.78 is 14.4. The molecule has 2 N–H and O–H groups in total. The minimum Gasteiger partial charge on any atom is -0.352 e. The van der Waals surface area contributed by atoms with E-state index in [4.69, 9.17) is 4.98 Å². The molecule has 0 saturated heterocycles. The van der Waals surface area contributed by atoms with E-state index in [2.05, 4.69) is 30.1 Å². The number of nitrogens with one attached hydrogen (secondary N) is 2. The molecule has 0 spiro atoms. The Morgan fingerprint density at radius 1 is 0.806 bits per heavy atom. The Hall–Kier alpha value is -4.46. The van der Waals surface area contributed by atoms with Gasteiger partial charge in [0, 0.05) is 35.1 Å². The summed E-state index contributed by atoms with van der Waals surface area (Å²) in [6, 6.07) is 12.4. The minimum atomic E-state index is -0.292. The van der Waals surface area contributed by atoms with Gasteiger partial charge in [0.25, 0.3) is 0 Å². The van der Waals surface area contributed by atoms with Crippen molar-refractivity contribution in [2.24, 2.45) is 0 Å². The number of nitrogens with zero attached hydrogens (tertiary/aromatic N) is 5. The molecule has 0 radical (unpaired) electrons. The highest BCUT2D eigenvalue weighted by Gasteiger charge is 2.16. The van der Waals surface area contributed by atoms with Crippen LogP contribution in [0, 0.1) is 5.82 Å². The Bertz CT molecular complexity index is 1550. The largest absolute Gasteiger partial charge is 0.352 e. The molecule has 0 unspecified atom stereocenters. The molecular weight excluding hydrogens is 393 g/mol. The third-order valence-corrected chi connectivity index (χ3v) is 5.20. The number of aromatic amines is 2. The molecule has 5 aromatic heterocycles. The lowest BCUT2D eigenvalue weighted by Crippen LogP contribution is -1.89. The van der Waals surface area contributed by atoms with Gasteiger partial charge in [0.2, 0.25) is 0 Å². The summed E-state index contributed by atoms with van der Waals surface area (Å²) in [5.74, 6) is -0.292. The fraction of sp³-hybridized carbons (Fsp3) is 0. The summed E-state index contributed by atoms with van der Waals surface area (Å²) in [5.41, 5.74) is 6.31. The van der Waals surface area contributed by atoms with Crippen molar-refractivity contribution < 1.29 is 4.39 Å². The van der Waals surface area contributed by atoms with Crippen LogP contribution >= 0.6 is 0 Å². The normalized spacial score (nSPS) is 11.4. The third-order valence-electron chi connectivity index (χ3n) is 5.20. The smallest absolute Gasteiger partial charge is 0.135 e. The van der Waals surface area contributed by atoms with Crippen molar-refractivity contribution >= 4 is 21.9 Å². The highest BCUT2D eigenvalue weighted by atomic mass is 19.1. The predicted octanol–water partition coefficient (Wildman–Crippen LogP) is 4.76. The zero-order valence-electron chi connectivity index (χ0n) is 16.0. The summed E-state index contributed by atoms with van der Waals surface area (Å²) >= 11 is 0. The monoisotopic (exact) mass is 407 g/mol. The van der Waals surface area contributed by atoms with Crippen LogP contribution in [0.4, 0.5) is 4.39 Å². The molecule has 0 fully saturated rings. The van der Waals surface area contributed by atoms with Crippen molar-refractivity contribution in [1.29, 1.82) is 0 Å². The standard InChI is InChI=1S/C23H14FN7/c24-16-4-2-1-3-13(16)15-10-26-11-20-14(15)9-19(28-20)23-22-18(30-31-23)6-5-17(29-22)21-12-25-7-8-27-21/h1-12,28H,(H,30,31). The van der Waals surface area contributed by atoms with Gasteiger partial charge in [-0.1, -0.05) is 18.2 Å². The van der Waals surface area contributed by atoms with E-state index < -0.39 is 0 Å². The summed E-state index contributed by atoms with van der Waals surface area (Å²) in [4.78, 5) is 20.8. The second kappa shape index (κ2) is 6.81. The highest BCUT2D eigenvalue weighted by Crippen LogP contribution is 2.34. The molecule has 0 atom stereocenters. The van der Waals surface area contributed by atoms with E-state index >= 15 is 0 Å². The van der Waals surface area contributed by atoms with Crippen LogP contribution in [-0.4, -0.2) is 35.1 Å². The first-order valence-electron chi connectivity index (χ1n) is 9.61. The quantitative estimate of drug-likeness (QED) is 0.441. The average molecular weight is 407 g/mol. The first-order chi connectivity index (χ1) is 15.3. The number of aromatic nitrogens is 7. The molecule has 6 aromatic rings. The van der Waals surface area contributed by atoms with Gasteiger partial charge in [0.15, 0.2) is 0 Å². The predicted molar refractivity (Wildman–Crippen MR) is 115 cm³/mol. The first kappa shape index (κ1) is 17.4.